The van der Waals surface area contributed by atoms with E-state index < -0.39 is 0 Å². The second kappa shape index (κ2) is 10.5. The quantitative estimate of drug-likeness (QED) is 0.241. The van der Waals surface area contributed by atoms with Crippen LogP contribution in [0.3, 0.4) is 0 Å². The molecule has 0 saturated heterocycles. The number of rotatable bonds is 8. The van der Waals surface area contributed by atoms with Crippen LogP contribution in [0.5, 0.6) is 5.75 Å². The van der Waals surface area contributed by atoms with Crippen molar-refractivity contribution in [1.29, 1.82) is 0 Å². The first-order valence-electron chi connectivity index (χ1n) is 10.0. The Balaban J connectivity index is 0.00000240. The minimum absolute atomic E-state index is 0. The fourth-order valence-electron chi connectivity index (χ4n) is 3.34. The molecular formula is C23H29IN4O. The average Bonchev–Trinajstić information content (AvgIpc) is 3.48. The molecule has 1 aliphatic carbocycles. The number of nitrogens with one attached hydrogen (secondary N) is 3. The van der Waals surface area contributed by atoms with E-state index in [2.05, 4.69) is 57.1 Å². The molecule has 0 radical (unpaired) electrons. The van der Waals surface area contributed by atoms with Gasteiger partial charge >= 0.3 is 0 Å². The van der Waals surface area contributed by atoms with E-state index in [-0.39, 0.29) is 24.0 Å². The van der Waals surface area contributed by atoms with Crippen LogP contribution < -0.4 is 15.4 Å². The van der Waals surface area contributed by atoms with Crippen molar-refractivity contribution in [3.05, 3.63) is 65.9 Å². The number of benzene rings is 2. The number of aliphatic imine (C=N–C) groups is 1. The normalized spacial score (nSPS) is 13.8. The van der Waals surface area contributed by atoms with E-state index in [4.69, 9.17) is 4.74 Å². The van der Waals surface area contributed by atoms with E-state index >= 15 is 0 Å². The Labute approximate surface area is 189 Å². The molecule has 5 nitrogen and oxygen atoms in total. The minimum Gasteiger partial charge on any atom is -0.493 e. The van der Waals surface area contributed by atoms with Crippen molar-refractivity contribution >= 4 is 40.8 Å². The highest BCUT2D eigenvalue weighted by Crippen LogP contribution is 2.30. The van der Waals surface area contributed by atoms with Gasteiger partial charge in [0, 0.05) is 42.8 Å². The van der Waals surface area contributed by atoms with Gasteiger partial charge in [-0.2, -0.15) is 0 Å². The number of aromatic amines is 1. The summed E-state index contributed by atoms with van der Waals surface area (Å²) < 4.78 is 5.99. The number of para-hydroxylation sites is 2. The Kier molecular flexibility index (Phi) is 7.80. The third kappa shape index (κ3) is 5.88. The highest BCUT2D eigenvalue weighted by Gasteiger charge is 2.22. The SMILES string of the molecule is CN=C(NCCc1c[nH]c2ccccc12)NCc1ccccc1OCC1CC1.I. The van der Waals surface area contributed by atoms with Gasteiger partial charge in [-0.15, -0.1) is 24.0 Å². The number of halogens is 1. The predicted molar refractivity (Wildman–Crippen MR) is 130 cm³/mol. The third-order valence-corrected chi connectivity index (χ3v) is 5.18. The molecule has 0 spiro atoms. The van der Waals surface area contributed by atoms with E-state index in [1.807, 2.05) is 18.2 Å². The maximum atomic E-state index is 5.99. The molecule has 0 amide bonds. The summed E-state index contributed by atoms with van der Waals surface area (Å²) in [6.07, 6.45) is 5.63. The molecule has 0 unspecified atom stereocenters. The van der Waals surface area contributed by atoms with Crippen LogP contribution >= 0.6 is 24.0 Å². The second-order valence-corrected chi connectivity index (χ2v) is 7.32. The summed E-state index contributed by atoms with van der Waals surface area (Å²) in [5.74, 6) is 2.52. The van der Waals surface area contributed by atoms with E-state index in [1.54, 1.807) is 7.05 Å². The fraction of sp³-hybridized carbons (Fsp3) is 0.348. The summed E-state index contributed by atoms with van der Waals surface area (Å²) in [6, 6.07) is 16.6. The lowest BCUT2D eigenvalue weighted by molar-refractivity contribution is 0.296. The zero-order chi connectivity index (χ0) is 19.2. The first kappa shape index (κ1) is 21.5. The van der Waals surface area contributed by atoms with E-state index in [0.717, 1.165) is 42.8 Å². The molecule has 0 aliphatic heterocycles. The molecule has 0 bridgehead atoms. The molecule has 1 fully saturated rings. The van der Waals surface area contributed by atoms with Gasteiger partial charge in [0.15, 0.2) is 5.96 Å². The maximum absolute atomic E-state index is 5.99. The van der Waals surface area contributed by atoms with Crippen LogP contribution in [-0.2, 0) is 13.0 Å². The van der Waals surface area contributed by atoms with Crippen LogP contribution in [0.4, 0.5) is 0 Å². The zero-order valence-corrected chi connectivity index (χ0v) is 19.1. The molecule has 1 heterocycles. The lowest BCUT2D eigenvalue weighted by atomic mass is 10.1. The van der Waals surface area contributed by atoms with Gasteiger partial charge < -0.3 is 20.4 Å². The van der Waals surface area contributed by atoms with Crippen molar-refractivity contribution in [1.82, 2.24) is 15.6 Å². The van der Waals surface area contributed by atoms with E-state index in [1.165, 1.54) is 29.3 Å². The zero-order valence-electron chi connectivity index (χ0n) is 16.8. The van der Waals surface area contributed by atoms with E-state index in [0.29, 0.717) is 6.54 Å². The number of guanidine groups is 1. The van der Waals surface area contributed by atoms with Crippen LogP contribution in [0.15, 0.2) is 59.7 Å². The monoisotopic (exact) mass is 504 g/mol. The van der Waals surface area contributed by atoms with Crippen LogP contribution in [0.1, 0.15) is 24.0 Å². The molecule has 1 aromatic heterocycles. The number of ether oxygens (including phenoxy) is 1. The summed E-state index contributed by atoms with van der Waals surface area (Å²) in [4.78, 5) is 7.67. The first-order chi connectivity index (χ1) is 13.8. The highest BCUT2D eigenvalue weighted by molar-refractivity contribution is 14.0. The van der Waals surface area contributed by atoms with Gasteiger partial charge in [-0.3, -0.25) is 4.99 Å². The number of hydrogen-bond acceptors (Lipinski definition) is 2. The highest BCUT2D eigenvalue weighted by atomic mass is 127. The Bertz CT molecular complexity index is 949. The molecule has 4 rings (SSSR count). The van der Waals surface area contributed by atoms with Crippen LogP contribution in [0.2, 0.25) is 0 Å². The van der Waals surface area contributed by atoms with Gasteiger partial charge in [0.1, 0.15) is 5.75 Å². The molecule has 0 atom stereocenters. The number of hydrogen-bond donors (Lipinski definition) is 3. The number of nitrogens with zero attached hydrogens (tertiary/aromatic N) is 1. The van der Waals surface area contributed by atoms with Crippen LogP contribution in [0.25, 0.3) is 10.9 Å². The first-order valence-corrected chi connectivity index (χ1v) is 10.0. The number of fused-ring (bicyclic) bond motifs is 1. The fourth-order valence-corrected chi connectivity index (χ4v) is 3.34. The smallest absolute Gasteiger partial charge is 0.191 e. The molecule has 1 aliphatic rings. The Morgan fingerprint density at radius 1 is 1.07 bits per heavy atom. The number of aromatic nitrogens is 1. The minimum atomic E-state index is 0. The predicted octanol–water partition coefficient (Wildman–Crippen LogP) is 4.48. The average molecular weight is 504 g/mol. The van der Waals surface area contributed by atoms with Gasteiger partial charge in [0.05, 0.1) is 6.61 Å². The van der Waals surface area contributed by atoms with E-state index in [9.17, 15) is 0 Å². The topological polar surface area (TPSA) is 61.4 Å². The van der Waals surface area contributed by atoms with Gasteiger partial charge in [0.25, 0.3) is 0 Å². The maximum Gasteiger partial charge on any atom is 0.191 e. The summed E-state index contributed by atoms with van der Waals surface area (Å²) in [5.41, 5.74) is 3.66. The van der Waals surface area contributed by atoms with Crippen molar-refractivity contribution in [3.63, 3.8) is 0 Å². The van der Waals surface area contributed by atoms with Gasteiger partial charge in [-0.25, -0.2) is 0 Å². The second-order valence-electron chi connectivity index (χ2n) is 7.32. The van der Waals surface area contributed by atoms with Gasteiger partial charge in [-0.1, -0.05) is 36.4 Å². The van der Waals surface area contributed by atoms with Crippen molar-refractivity contribution in [2.45, 2.75) is 25.8 Å². The summed E-state index contributed by atoms with van der Waals surface area (Å²) in [6.45, 7) is 2.34. The van der Waals surface area contributed by atoms with Crippen molar-refractivity contribution in [2.24, 2.45) is 10.9 Å². The summed E-state index contributed by atoms with van der Waals surface area (Å²) in [5, 5.41) is 8.09. The van der Waals surface area contributed by atoms with Crippen LogP contribution in [-0.4, -0.2) is 31.1 Å². The molecular weight excluding hydrogens is 475 g/mol. The van der Waals surface area contributed by atoms with Crippen molar-refractivity contribution < 1.29 is 4.74 Å². The summed E-state index contributed by atoms with van der Waals surface area (Å²) in [7, 11) is 1.80. The Hall–Kier alpha value is -2.22. The Morgan fingerprint density at radius 3 is 2.69 bits per heavy atom. The van der Waals surface area contributed by atoms with Crippen molar-refractivity contribution in [3.8, 4) is 5.75 Å². The molecule has 3 aromatic rings. The summed E-state index contributed by atoms with van der Waals surface area (Å²) >= 11 is 0. The van der Waals surface area contributed by atoms with Gasteiger partial charge in [0.2, 0.25) is 0 Å². The molecule has 154 valence electrons. The van der Waals surface area contributed by atoms with Crippen LogP contribution in [0, 0.1) is 5.92 Å². The largest absolute Gasteiger partial charge is 0.493 e. The molecule has 29 heavy (non-hydrogen) atoms. The Morgan fingerprint density at radius 2 is 1.86 bits per heavy atom. The standard InChI is InChI=1S/C23H28N4O.HI/c1-24-23(25-13-12-18-14-26-21-8-4-3-7-20(18)21)27-15-19-6-2-5-9-22(19)28-16-17-10-11-17;/h2-9,14,17,26H,10-13,15-16H2,1H3,(H2,24,25,27);1H. The number of H-pyrrole nitrogens is 1. The lowest BCUT2D eigenvalue weighted by Gasteiger charge is -2.14. The van der Waals surface area contributed by atoms with Gasteiger partial charge in [-0.05, 0) is 42.9 Å². The lowest BCUT2D eigenvalue weighted by Crippen LogP contribution is -2.37. The molecule has 3 N–H and O–H groups in total. The third-order valence-electron chi connectivity index (χ3n) is 5.18. The molecule has 2 aromatic carbocycles. The molecule has 6 heteroatoms. The van der Waals surface area contributed by atoms with Crippen molar-refractivity contribution in [2.75, 3.05) is 20.2 Å². The molecule has 1 saturated carbocycles.